The molecule has 2 aromatic carbocycles. The summed E-state index contributed by atoms with van der Waals surface area (Å²) in [5.41, 5.74) is 0.565. The minimum Gasteiger partial charge on any atom is -0.453 e. The summed E-state index contributed by atoms with van der Waals surface area (Å²) < 4.78 is 21.7. The van der Waals surface area contributed by atoms with Crippen molar-refractivity contribution in [3.05, 3.63) is 56.9 Å². The Bertz CT molecular complexity index is 894. The van der Waals surface area contributed by atoms with E-state index in [1.54, 1.807) is 23.0 Å². The van der Waals surface area contributed by atoms with Crippen LogP contribution in [0.5, 0.6) is 11.5 Å². The monoisotopic (exact) mass is 365 g/mol. The molecule has 0 amide bonds. The van der Waals surface area contributed by atoms with Crippen molar-refractivity contribution in [1.82, 2.24) is 9.78 Å². The highest BCUT2D eigenvalue weighted by atomic mass is 79.9. The molecule has 6 nitrogen and oxygen atoms in total. The number of aryl methyl sites for hydroxylation is 1. The minimum atomic E-state index is -0.799. The van der Waals surface area contributed by atoms with Crippen molar-refractivity contribution < 1.29 is 14.1 Å². The average molecular weight is 366 g/mol. The summed E-state index contributed by atoms with van der Waals surface area (Å²) in [6.45, 7) is 0. The van der Waals surface area contributed by atoms with Crippen molar-refractivity contribution >= 4 is 32.5 Å². The Balaban J connectivity index is 2.00. The zero-order chi connectivity index (χ0) is 15.9. The lowest BCUT2D eigenvalue weighted by Gasteiger charge is -2.09. The van der Waals surface area contributed by atoms with Crippen LogP contribution in [0.15, 0.2) is 41.0 Å². The van der Waals surface area contributed by atoms with E-state index in [0.717, 1.165) is 17.0 Å². The molecule has 0 aliphatic heterocycles. The normalized spacial score (nSPS) is 10.9. The number of aromatic nitrogens is 2. The second kappa shape index (κ2) is 5.38. The first-order valence-corrected chi connectivity index (χ1v) is 6.98. The second-order valence-electron chi connectivity index (χ2n) is 4.55. The highest BCUT2D eigenvalue weighted by molar-refractivity contribution is 9.10. The molecule has 1 heterocycles. The predicted octanol–water partition coefficient (Wildman–Crippen LogP) is 4.18. The number of halogens is 2. The van der Waals surface area contributed by atoms with Crippen molar-refractivity contribution in [3.8, 4) is 11.5 Å². The number of ether oxygens (including phenoxy) is 1. The van der Waals surface area contributed by atoms with E-state index in [0.29, 0.717) is 10.2 Å². The van der Waals surface area contributed by atoms with Gasteiger partial charge in [0, 0.05) is 18.5 Å². The third kappa shape index (κ3) is 2.41. The van der Waals surface area contributed by atoms with Crippen molar-refractivity contribution in [1.29, 1.82) is 0 Å². The smallest absolute Gasteiger partial charge is 0.272 e. The number of hydrogen-bond donors (Lipinski definition) is 0. The van der Waals surface area contributed by atoms with Gasteiger partial charge in [0.2, 0.25) is 0 Å². The maximum absolute atomic E-state index is 13.9. The quantitative estimate of drug-likeness (QED) is 0.515. The largest absolute Gasteiger partial charge is 0.453 e. The van der Waals surface area contributed by atoms with Gasteiger partial charge in [-0.05, 0) is 34.1 Å². The molecule has 0 radical (unpaired) electrons. The number of nitro groups is 1. The molecule has 0 unspecified atom stereocenters. The third-order valence-electron chi connectivity index (χ3n) is 3.18. The van der Waals surface area contributed by atoms with Gasteiger partial charge in [-0.3, -0.25) is 14.8 Å². The van der Waals surface area contributed by atoms with Crippen LogP contribution < -0.4 is 4.74 Å². The van der Waals surface area contributed by atoms with Crippen LogP contribution in [0.3, 0.4) is 0 Å². The maximum Gasteiger partial charge on any atom is 0.272 e. The van der Waals surface area contributed by atoms with Gasteiger partial charge in [-0.25, -0.2) is 4.39 Å². The Morgan fingerprint density at radius 1 is 1.32 bits per heavy atom. The van der Waals surface area contributed by atoms with E-state index in [-0.39, 0.29) is 11.4 Å². The van der Waals surface area contributed by atoms with Gasteiger partial charge in [0.25, 0.3) is 5.69 Å². The number of non-ortho nitro benzene ring substituents is 1. The molecule has 0 saturated heterocycles. The second-order valence-corrected chi connectivity index (χ2v) is 5.35. The Kier molecular flexibility index (Phi) is 3.53. The summed E-state index contributed by atoms with van der Waals surface area (Å²) in [5, 5.41) is 15.6. The summed E-state index contributed by atoms with van der Waals surface area (Å²) in [4.78, 5) is 9.94. The van der Waals surface area contributed by atoms with Crippen LogP contribution in [-0.2, 0) is 7.05 Å². The standard InChI is InChI=1S/C14H9BrFN3O3/c1-18-11-3-5-13(14(15)9(11)7-17-18)22-12-4-2-8(19(20)21)6-10(12)16/h2-7H,1H3. The van der Waals surface area contributed by atoms with E-state index in [9.17, 15) is 14.5 Å². The Morgan fingerprint density at radius 3 is 2.73 bits per heavy atom. The van der Waals surface area contributed by atoms with E-state index in [1.807, 2.05) is 7.05 Å². The summed E-state index contributed by atoms with van der Waals surface area (Å²) >= 11 is 3.41. The topological polar surface area (TPSA) is 70.2 Å². The van der Waals surface area contributed by atoms with E-state index in [2.05, 4.69) is 21.0 Å². The molecule has 0 aliphatic carbocycles. The van der Waals surface area contributed by atoms with Crippen LogP contribution in [0.25, 0.3) is 10.9 Å². The number of fused-ring (bicyclic) bond motifs is 1. The van der Waals surface area contributed by atoms with E-state index in [1.165, 1.54) is 12.1 Å². The summed E-state index contributed by atoms with van der Waals surface area (Å²) in [6, 6.07) is 6.72. The molecular weight excluding hydrogens is 357 g/mol. The van der Waals surface area contributed by atoms with Gasteiger partial charge < -0.3 is 4.74 Å². The number of nitro benzene ring substituents is 1. The van der Waals surface area contributed by atoms with Gasteiger partial charge in [0.1, 0.15) is 5.75 Å². The van der Waals surface area contributed by atoms with Crippen LogP contribution in [-0.4, -0.2) is 14.7 Å². The first kappa shape index (κ1) is 14.5. The Labute approximate surface area is 132 Å². The molecule has 0 N–H and O–H groups in total. The lowest BCUT2D eigenvalue weighted by molar-refractivity contribution is -0.385. The summed E-state index contributed by atoms with van der Waals surface area (Å²) in [7, 11) is 1.81. The highest BCUT2D eigenvalue weighted by Gasteiger charge is 2.15. The van der Waals surface area contributed by atoms with Crippen LogP contribution >= 0.6 is 15.9 Å². The number of benzene rings is 2. The number of rotatable bonds is 3. The van der Waals surface area contributed by atoms with Crippen LogP contribution in [0.4, 0.5) is 10.1 Å². The fraction of sp³-hybridized carbons (Fsp3) is 0.0714. The van der Waals surface area contributed by atoms with Gasteiger partial charge in [-0.1, -0.05) is 0 Å². The van der Waals surface area contributed by atoms with Crippen molar-refractivity contribution in [3.63, 3.8) is 0 Å². The van der Waals surface area contributed by atoms with Gasteiger partial charge in [-0.15, -0.1) is 0 Å². The highest BCUT2D eigenvalue weighted by Crippen LogP contribution is 2.36. The molecule has 3 aromatic rings. The van der Waals surface area contributed by atoms with Crippen LogP contribution in [0.2, 0.25) is 0 Å². The SMILES string of the molecule is Cn1ncc2c(Br)c(Oc3ccc([N+](=O)[O-])cc3F)ccc21. The molecule has 0 aliphatic rings. The number of hydrogen-bond acceptors (Lipinski definition) is 4. The van der Waals surface area contributed by atoms with E-state index < -0.39 is 10.7 Å². The molecule has 3 rings (SSSR count). The molecule has 112 valence electrons. The Morgan fingerprint density at radius 2 is 2.05 bits per heavy atom. The fourth-order valence-electron chi connectivity index (χ4n) is 2.06. The lowest BCUT2D eigenvalue weighted by Crippen LogP contribution is -1.93. The van der Waals surface area contributed by atoms with Crippen molar-refractivity contribution in [2.75, 3.05) is 0 Å². The molecule has 0 saturated carbocycles. The van der Waals surface area contributed by atoms with E-state index >= 15 is 0 Å². The molecule has 0 spiro atoms. The van der Waals surface area contributed by atoms with Gasteiger partial charge in [0.05, 0.1) is 27.2 Å². The number of nitrogens with zero attached hydrogens (tertiary/aromatic N) is 3. The minimum absolute atomic E-state index is 0.0884. The Hall–Kier alpha value is -2.48. The van der Waals surface area contributed by atoms with Gasteiger partial charge in [-0.2, -0.15) is 5.10 Å². The average Bonchev–Trinajstić information content (AvgIpc) is 2.86. The molecule has 0 atom stereocenters. The molecular formula is C14H9BrFN3O3. The zero-order valence-electron chi connectivity index (χ0n) is 11.3. The first-order chi connectivity index (χ1) is 10.5. The molecule has 8 heteroatoms. The molecule has 0 bridgehead atoms. The van der Waals surface area contributed by atoms with Crippen molar-refractivity contribution in [2.24, 2.45) is 7.05 Å². The fourth-order valence-corrected chi connectivity index (χ4v) is 2.58. The van der Waals surface area contributed by atoms with E-state index in [4.69, 9.17) is 4.74 Å². The summed E-state index contributed by atoms with van der Waals surface area (Å²) in [6.07, 6.45) is 1.67. The maximum atomic E-state index is 13.9. The van der Waals surface area contributed by atoms with Gasteiger partial charge in [0.15, 0.2) is 11.6 Å². The lowest BCUT2D eigenvalue weighted by atomic mass is 10.2. The first-order valence-electron chi connectivity index (χ1n) is 6.19. The van der Waals surface area contributed by atoms with Crippen LogP contribution in [0, 0.1) is 15.9 Å². The third-order valence-corrected chi connectivity index (χ3v) is 3.99. The molecule has 1 aromatic heterocycles. The molecule has 0 fully saturated rings. The predicted molar refractivity (Wildman–Crippen MR) is 81.5 cm³/mol. The van der Waals surface area contributed by atoms with Gasteiger partial charge >= 0.3 is 0 Å². The zero-order valence-corrected chi connectivity index (χ0v) is 12.9. The van der Waals surface area contributed by atoms with Crippen molar-refractivity contribution in [2.45, 2.75) is 0 Å². The van der Waals surface area contributed by atoms with Crippen LogP contribution in [0.1, 0.15) is 0 Å². The summed E-state index contributed by atoms with van der Waals surface area (Å²) in [5.74, 6) is -0.491. The molecule has 22 heavy (non-hydrogen) atoms.